The summed E-state index contributed by atoms with van der Waals surface area (Å²) in [5, 5.41) is 3.29. The highest BCUT2D eigenvalue weighted by Crippen LogP contribution is 2.27. The van der Waals surface area contributed by atoms with Crippen LogP contribution in [-0.4, -0.2) is 29.6 Å². The molecule has 0 bridgehead atoms. The van der Waals surface area contributed by atoms with Gasteiger partial charge in [-0.15, -0.1) is 11.3 Å². The highest BCUT2D eigenvalue weighted by molar-refractivity contribution is 7.13. The largest absolute Gasteiger partial charge is 0.494 e. The Hall–Kier alpha value is -1.39. The van der Waals surface area contributed by atoms with E-state index in [0.717, 1.165) is 23.2 Å². The van der Waals surface area contributed by atoms with Crippen molar-refractivity contribution in [3.05, 3.63) is 35.3 Å². The molecule has 0 saturated carbocycles. The van der Waals surface area contributed by atoms with E-state index in [1.54, 1.807) is 11.3 Å². The molecule has 1 saturated heterocycles. The number of hydrogen-bond donors (Lipinski definition) is 0. The summed E-state index contributed by atoms with van der Waals surface area (Å²) in [5.74, 6) is 1.75. The number of nitrogens with zero attached hydrogens (tertiary/aromatic N) is 2. The van der Waals surface area contributed by atoms with Crippen molar-refractivity contribution in [2.45, 2.75) is 26.8 Å². The molecule has 112 valence electrons. The Labute approximate surface area is 130 Å². The van der Waals surface area contributed by atoms with Crippen LogP contribution in [0.3, 0.4) is 0 Å². The number of likely N-dealkylation sites (tertiary alicyclic amines) is 1. The normalized spacial score (nSPS) is 19.0. The van der Waals surface area contributed by atoms with Gasteiger partial charge in [0.05, 0.1) is 12.3 Å². The van der Waals surface area contributed by atoms with Crippen molar-refractivity contribution in [3.63, 3.8) is 0 Å². The molecular weight excluding hydrogens is 280 g/mol. The predicted molar refractivity (Wildman–Crippen MR) is 87.8 cm³/mol. The molecule has 1 aliphatic rings. The third kappa shape index (κ3) is 3.63. The van der Waals surface area contributed by atoms with E-state index in [1.165, 1.54) is 30.8 Å². The molecule has 3 rings (SSSR count). The van der Waals surface area contributed by atoms with Crippen LogP contribution in [-0.2, 0) is 6.54 Å². The summed E-state index contributed by atoms with van der Waals surface area (Å²) in [6.07, 6.45) is 1.32. The second-order valence-corrected chi connectivity index (χ2v) is 6.59. The number of hydrogen-bond acceptors (Lipinski definition) is 4. The van der Waals surface area contributed by atoms with Gasteiger partial charge in [0.15, 0.2) is 0 Å². The zero-order valence-electron chi connectivity index (χ0n) is 12.7. The smallest absolute Gasteiger partial charge is 0.123 e. The van der Waals surface area contributed by atoms with Crippen LogP contribution in [0.1, 0.15) is 26.0 Å². The van der Waals surface area contributed by atoms with Gasteiger partial charge < -0.3 is 4.74 Å². The minimum atomic E-state index is 0.703. The fraction of sp³-hybridized carbons (Fsp3) is 0.471. The van der Waals surface area contributed by atoms with Crippen LogP contribution in [0.4, 0.5) is 0 Å². The van der Waals surface area contributed by atoms with Crippen LogP contribution in [0.5, 0.6) is 5.75 Å². The van der Waals surface area contributed by atoms with Gasteiger partial charge in [-0.05, 0) is 50.1 Å². The zero-order valence-corrected chi connectivity index (χ0v) is 13.5. The molecule has 0 radical (unpaired) electrons. The third-order valence-electron chi connectivity index (χ3n) is 3.86. The molecule has 2 heterocycles. The van der Waals surface area contributed by atoms with Crippen LogP contribution in [0, 0.1) is 5.92 Å². The van der Waals surface area contributed by atoms with Gasteiger partial charge in [0.1, 0.15) is 10.8 Å². The molecular formula is C17H22N2OS. The summed E-state index contributed by atoms with van der Waals surface area (Å²) in [7, 11) is 0. The van der Waals surface area contributed by atoms with Crippen molar-refractivity contribution in [3.8, 4) is 16.3 Å². The summed E-state index contributed by atoms with van der Waals surface area (Å²) < 4.78 is 5.48. The fourth-order valence-electron chi connectivity index (χ4n) is 2.77. The van der Waals surface area contributed by atoms with E-state index in [4.69, 9.17) is 9.72 Å². The van der Waals surface area contributed by atoms with Crippen LogP contribution in [0.15, 0.2) is 29.6 Å². The molecule has 1 aromatic heterocycles. The Morgan fingerprint density at radius 1 is 1.33 bits per heavy atom. The molecule has 1 aromatic carbocycles. The Balaban J connectivity index is 1.66. The first-order valence-electron chi connectivity index (χ1n) is 7.64. The molecule has 0 spiro atoms. The van der Waals surface area contributed by atoms with Crippen LogP contribution in [0.2, 0.25) is 0 Å². The molecule has 0 aliphatic carbocycles. The Morgan fingerprint density at radius 3 is 2.81 bits per heavy atom. The predicted octanol–water partition coefficient (Wildman–Crippen LogP) is 4.05. The summed E-state index contributed by atoms with van der Waals surface area (Å²) >= 11 is 1.73. The number of ether oxygens (including phenoxy) is 1. The standard InChI is InChI=1S/C17H22N2OS/c1-3-20-16-6-4-14(5-7-16)17-18-15(12-21-17)11-19-9-8-13(2)10-19/h4-7,12-13H,3,8-11H2,1-2H3. The maximum atomic E-state index is 5.48. The second kappa shape index (κ2) is 6.58. The average molecular weight is 302 g/mol. The van der Waals surface area contributed by atoms with E-state index in [9.17, 15) is 0 Å². The summed E-state index contributed by atoms with van der Waals surface area (Å²) in [6.45, 7) is 8.42. The van der Waals surface area contributed by atoms with E-state index in [2.05, 4.69) is 29.3 Å². The third-order valence-corrected chi connectivity index (χ3v) is 4.80. The van der Waals surface area contributed by atoms with Crippen LogP contribution < -0.4 is 4.74 Å². The number of thiazole rings is 1. The summed E-state index contributed by atoms with van der Waals surface area (Å²) in [6, 6.07) is 8.21. The lowest BCUT2D eigenvalue weighted by Gasteiger charge is -2.12. The number of aromatic nitrogens is 1. The van der Waals surface area contributed by atoms with Gasteiger partial charge in [0.25, 0.3) is 0 Å². The topological polar surface area (TPSA) is 25.4 Å². The van der Waals surface area contributed by atoms with Gasteiger partial charge in [-0.2, -0.15) is 0 Å². The molecule has 4 heteroatoms. The lowest BCUT2D eigenvalue weighted by Crippen LogP contribution is -2.19. The summed E-state index contributed by atoms with van der Waals surface area (Å²) in [4.78, 5) is 7.28. The van der Waals surface area contributed by atoms with E-state index in [-0.39, 0.29) is 0 Å². The second-order valence-electron chi connectivity index (χ2n) is 5.73. The first-order chi connectivity index (χ1) is 10.2. The zero-order chi connectivity index (χ0) is 14.7. The van der Waals surface area contributed by atoms with Crippen LogP contribution in [0.25, 0.3) is 10.6 Å². The van der Waals surface area contributed by atoms with Gasteiger partial charge in [-0.25, -0.2) is 4.98 Å². The molecule has 2 aromatic rings. The van der Waals surface area contributed by atoms with Crippen molar-refractivity contribution >= 4 is 11.3 Å². The molecule has 1 unspecified atom stereocenters. The molecule has 21 heavy (non-hydrogen) atoms. The molecule has 1 atom stereocenters. The van der Waals surface area contributed by atoms with Gasteiger partial charge >= 0.3 is 0 Å². The van der Waals surface area contributed by atoms with E-state index in [1.807, 2.05) is 19.1 Å². The molecule has 1 fully saturated rings. The average Bonchev–Trinajstić information content (AvgIpc) is 3.10. The first-order valence-corrected chi connectivity index (χ1v) is 8.52. The maximum Gasteiger partial charge on any atom is 0.123 e. The fourth-order valence-corrected chi connectivity index (χ4v) is 3.59. The quantitative estimate of drug-likeness (QED) is 0.833. The van der Waals surface area contributed by atoms with Gasteiger partial charge in [-0.3, -0.25) is 4.90 Å². The molecule has 0 amide bonds. The lowest BCUT2D eigenvalue weighted by molar-refractivity contribution is 0.317. The Morgan fingerprint density at radius 2 is 2.14 bits per heavy atom. The Bertz CT molecular complexity index is 579. The van der Waals surface area contributed by atoms with E-state index in [0.29, 0.717) is 6.61 Å². The minimum absolute atomic E-state index is 0.703. The minimum Gasteiger partial charge on any atom is -0.494 e. The van der Waals surface area contributed by atoms with Gasteiger partial charge in [-0.1, -0.05) is 6.92 Å². The Kier molecular flexibility index (Phi) is 4.56. The van der Waals surface area contributed by atoms with Crippen molar-refractivity contribution in [2.24, 2.45) is 5.92 Å². The number of benzene rings is 1. The van der Waals surface area contributed by atoms with Gasteiger partial charge in [0.2, 0.25) is 0 Å². The molecule has 1 aliphatic heterocycles. The molecule has 3 nitrogen and oxygen atoms in total. The maximum absolute atomic E-state index is 5.48. The van der Waals surface area contributed by atoms with Gasteiger partial charge in [0, 0.05) is 24.0 Å². The monoisotopic (exact) mass is 302 g/mol. The first kappa shape index (κ1) is 14.5. The van der Waals surface area contributed by atoms with E-state index < -0.39 is 0 Å². The SMILES string of the molecule is CCOc1ccc(-c2nc(CN3CCC(C)C3)cs2)cc1. The van der Waals surface area contributed by atoms with Crippen molar-refractivity contribution in [1.82, 2.24) is 9.88 Å². The highest BCUT2D eigenvalue weighted by atomic mass is 32.1. The van der Waals surface area contributed by atoms with Crippen LogP contribution >= 0.6 is 11.3 Å². The van der Waals surface area contributed by atoms with Crippen molar-refractivity contribution in [2.75, 3.05) is 19.7 Å². The number of rotatable bonds is 5. The molecule has 0 N–H and O–H groups in total. The van der Waals surface area contributed by atoms with Crippen molar-refractivity contribution in [1.29, 1.82) is 0 Å². The van der Waals surface area contributed by atoms with E-state index >= 15 is 0 Å². The lowest BCUT2D eigenvalue weighted by atomic mass is 10.2. The highest BCUT2D eigenvalue weighted by Gasteiger charge is 2.19. The summed E-state index contributed by atoms with van der Waals surface area (Å²) in [5.41, 5.74) is 2.36. The van der Waals surface area contributed by atoms with Crippen molar-refractivity contribution < 1.29 is 4.74 Å².